The summed E-state index contributed by atoms with van der Waals surface area (Å²) in [6.45, 7) is 34.4. The van der Waals surface area contributed by atoms with Crippen LogP contribution in [-0.2, 0) is 87.8 Å². The van der Waals surface area contributed by atoms with Crippen LogP contribution in [0.3, 0.4) is 0 Å². The number of cyclic esters (lactones) is 1. The van der Waals surface area contributed by atoms with E-state index in [-0.39, 0.29) is 85.9 Å². The number of amides is 13. The van der Waals surface area contributed by atoms with Gasteiger partial charge >= 0.3 is 18.1 Å². The summed E-state index contributed by atoms with van der Waals surface area (Å²) < 4.78 is 50.4. The number of aliphatic hydroxyl groups excluding tert-OH is 1. The van der Waals surface area contributed by atoms with E-state index in [1.54, 1.807) is 127 Å². The second-order valence-corrected chi connectivity index (χ2v) is 39.6. The maximum Gasteiger partial charge on any atom is 0.490 e. The number of likely N-dealkylation sites (tertiary alicyclic amines) is 1. The lowest BCUT2D eigenvalue weighted by molar-refractivity contribution is -0.210. The first-order chi connectivity index (χ1) is 60.5. The van der Waals surface area contributed by atoms with Crippen LogP contribution in [0.4, 0.5) is 13.2 Å². The van der Waals surface area contributed by atoms with E-state index in [1.165, 1.54) is 31.7 Å². The van der Waals surface area contributed by atoms with E-state index in [0.29, 0.717) is 67.8 Å². The van der Waals surface area contributed by atoms with Gasteiger partial charge < -0.3 is 89.0 Å². The number of halogens is 3. The van der Waals surface area contributed by atoms with Gasteiger partial charge in [0, 0.05) is 19.4 Å². The molecular weight excluding hydrogens is 1670 g/mol. The molecule has 25 atom stereocenters. The van der Waals surface area contributed by atoms with E-state index in [0.717, 1.165) is 38.5 Å². The van der Waals surface area contributed by atoms with Gasteiger partial charge in [-0.1, -0.05) is 167 Å². The Morgan fingerprint density at radius 3 is 1.78 bits per heavy atom. The van der Waals surface area contributed by atoms with Gasteiger partial charge in [-0.05, 0) is 211 Å². The van der Waals surface area contributed by atoms with Crippen LogP contribution in [0.25, 0.3) is 0 Å². The van der Waals surface area contributed by atoms with Crippen molar-refractivity contribution in [1.29, 1.82) is 0 Å². The first-order valence-corrected chi connectivity index (χ1v) is 47.0. The van der Waals surface area contributed by atoms with Gasteiger partial charge in [0.1, 0.15) is 90.4 Å². The van der Waals surface area contributed by atoms with Crippen LogP contribution in [0.15, 0.2) is 42.1 Å². The molecule has 1 aromatic carbocycles. The van der Waals surface area contributed by atoms with Crippen molar-refractivity contribution in [3.8, 4) is 0 Å². The summed E-state index contributed by atoms with van der Waals surface area (Å²) in [5.41, 5.74) is 6.31. The standard InChI is InChI=1S/C94H149F3N14O18/c1-21-52(14)74(86(122)110-77-56(18)128-90(126)73(51(12)13)106-78(114)64(23-3)99-80(116)66(45-57-29-25-24-26-30-57)101-82(118)70(48(6)7)103-85(121)75(53(15)22-2)108-88(77)124)107-79(115)65(31-27-43-98)100-81(117)67-32-28-44-111(67)89(125)72(50(10)11)105-84(120)71(49(8)9)104-87(123)76(55(17)112)109-83(119)69(47(4)5)102-68(113)38-33-54(16)61-36-37-62-60-35-34-58-46-59(129-91(127)94(95,96)97)39-41-92(58,19)63(60)40-42-93(61,62)20/h23-26,29-30,47-56,58-63,65-67,69-77,112H,21-22,27-28,31-46,98H2,1-20H3,(H,99,116)(H,100,117)(H,101,118)(H,102,113)(H,103,121)(H,104,123)(H,105,120)(H,106,114)(H,107,115)(H,108,124)(H,109,119)(H,110,122)/b64-23-/t52-,53-,54+,55+,56+,58+,59+,60-,61+,62-,63-,65-,66-,67+,69+,70+,71-,72+,73-,74+,75+,76-,77+,92-,93+/m0/s1. The summed E-state index contributed by atoms with van der Waals surface area (Å²) in [7, 11) is 0. The summed E-state index contributed by atoms with van der Waals surface area (Å²) in [4.78, 5) is 217. The number of aliphatic hydroxyl groups is 1. The fraction of sp³-hybridized carbons (Fsp3) is 0.755. The molecule has 0 bridgehead atoms. The van der Waals surface area contributed by atoms with Crippen LogP contribution in [0.2, 0.25) is 0 Å². The van der Waals surface area contributed by atoms with Gasteiger partial charge in [-0.15, -0.1) is 0 Å². The molecule has 35 heteroatoms. The number of esters is 2. The minimum Gasteiger partial charge on any atom is -0.458 e. The maximum absolute atomic E-state index is 15.1. The number of nitrogens with zero attached hydrogens (tertiary/aromatic N) is 1. The molecule has 0 aromatic heterocycles. The molecule has 2 saturated heterocycles. The van der Waals surface area contributed by atoms with E-state index < -0.39 is 221 Å². The van der Waals surface area contributed by atoms with Crippen molar-refractivity contribution in [3.05, 3.63) is 47.7 Å². The summed E-state index contributed by atoms with van der Waals surface area (Å²) in [5.74, 6) is -16.2. The second kappa shape index (κ2) is 47.2. The van der Waals surface area contributed by atoms with Gasteiger partial charge in [-0.25, -0.2) is 9.59 Å². The third-order valence-electron chi connectivity index (χ3n) is 28.8. The number of benzene rings is 1. The van der Waals surface area contributed by atoms with Crippen LogP contribution in [0.5, 0.6) is 0 Å². The van der Waals surface area contributed by atoms with E-state index >= 15 is 9.59 Å². The smallest absolute Gasteiger partial charge is 0.458 e. The lowest BCUT2D eigenvalue weighted by Gasteiger charge is -2.61. The van der Waals surface area contributed by atoms with Crippen molar-refractivity contribution in [2.75, 3.05) is 13.1 Å². The van der Waals surface area contributed by atoms with Crippen molar-refractivity contribution in [2.45, 2.75) is 351 Å². The molecule has 32 nitrogen and oxygen atoms in total. The Morgan fingerprint density at radius 2 is 1.19 bits per heavy atom. The number of ether oxygens (including phenoxy) is 2. The zero-order valence-corrected chi connectivity index (χ0v) is 79.3. The number of nitrogens with one attached hydrogen (secondary N) is 12. The second-order valence-electron chi connectivity index (χ2n) is 39.6. The summed E-state index contributed by atoms with van der Waals surface area (Å²) in [6, 6.07) is -8.11. The molecule has 4 saturated carbocycles. The molecular formula is C94H149F3N14O18. The minimum absolute atomic E-state index is 0.0125. The Labute approximate surface area is 758 Å². The Kier molecular flexibility index (Phi) is 39.1. The number of carbonyl (C=O) groups is 15. The van der Waals surface area contributed by atoms with Gasteiger partial charge in [0.15, 0.2) is 0 Å². The highest BCUT2D eigenvalue weighted by atomic mass is 19.4. The van der Waals surface area contributed by atoms with Crippen LogP contribution in [-0.4, -0.2) is 209 Å². The molecule has 724 valence electrons. The van der Waals surface area contributed by atoms with Gasteiger partial charge in [-0.2, -0.15) is 13.2 Å². The lowest BCUT2D eigenvalue weighted by atomic mass is 9.44. The van der Waals surface area contributed by atoms with Gasteiger partial charge in [-0.3, -0.25) is 62.3 Å². The summed E-state index contributed by atoms with van der Waals surface area (Å²) in [6.07, 6.45) is 1.46. The average Bonchev–Trinajstić information content (AvgIpc) is 1.65. The number of fused-ring (bicyclic) bond motifs is 5. The number of carbonyl (C=O) groups excluding carboxylic acids is 15. The Balaban J connectivity index is 1.00. The Bertz CT molecular complexity index is 4130. The predicted octanol–water partition coefficient (Wildman–Crippen LogP) is 6.56. The monoisotopic (exact) mass is 1820 g/mol. The zero-order chi connectivity index (χ0) is 96.3. The molecule has 13 amide bonds. The highest BCUT2D eigenvalue weighted by Gasteiger charge is 2.62. The highest BCUT2D eigenvalue weighted by molar-refractivity contribution is 6.03. The molecule has 6 fully saturated rings. The molecule has 0 unspecified atom stereocenters. The highest BCUT2D eigenvalue weighted by Crippen LogP contribution is 2.68. The number of alkyl halides is 3. The normalized spacial score (nSPS) is 28.8. The number of nitrogens with two attached hydrogens (primary N) is 1. The molecule has 6 aliphatic rings. The number of allylic oxidation sites excluding steroid dienone is 1. The van der Waals surface area contributed by atoms with Crippen LogP contribution in [0.1, 0.15) is 253 Å². The van der Waals surface area contributed by atoms with Crippen LogP contribution >= 0.6 is 0 Å². The molecule has 1 aromatic rings. The largest absolute Gasteiger partial charge is 0.490 e. The third kappa shape index (κ3) is 27.2. The Morgan fingerprint density at radius 1 is 0.620 bits per heavy atom. The molecule has 2 aliphatic heterocycles. The van der Waals surface area contributed by atoms with Gasteiger partial charge in [0.05, 0.1) is 6.10 Å². The zero-order valence-electron chi connectivity index (χ0n) is 79.3. The molecule has 129 heavy (non-hydrogen) atoms. The molecule has 7 rings (SSSR count). The fourth-order valence-electron chi connectivity index (χ4n) is 20.5. The Hall–Kier alpha value is -9.28. The van der Waals surface area contributed by atoms with Crippen molar-refractivity contribution in [3.63, 3.8) is 0 Å². The topological polar surface area (TPSA) is 468 Å². The summed E-state index contributed by atoms with van der Waals surface area (Å²) in [5, 5.41) is 43.8. The van der Waals surface area contributed by atoms with Gasteiger partial charge in [0.2, 0.25) is 70.9 Å². The molecule has 0 radical (unpaired) electrons. The maximum atomic E-state index is 15.1. The average molecular weight is 1820 g/mol. The lowest BCUT2D eigenvalue weighted by Crippen LogP contribution is -2.64. The van der Waals surface area contributed by atoms with Crippen molar-refractivity contribution < 1.29 is 99.7 Å². The molecule has 0 spiro atoms. The van der Waals surface area contributed by atoms with E-state index in [1.807, 2.05) is 0 Å². The van der Waals surface area contributed by atoms with Crippen molar-refractivity contribution in [2.24, 2.45) is 93.5 Å². The van der Waals surface area contributed by atoms with E-state index in [9.17, 15) is 80.6 Å². The fourth-order valence-corrected chi connectivity index (χ4v) is 20.5. The summed E-state index contributed by atoms with van der Waals surface area (Å²) >= 11 is 0. The quantitative estimate of drug-likeness (QED) is 0.0256. The SMILES string of the molecule is C/C=C1\NC(=O)[C@H](Cc2ccccc2)NC(=O)[C@@H](C(C)C)NC(=O)[C@@H]([C@@H](C)CC)NC(=O)[C@H](NC(=O)[C@H](NC(=O)[C@H](CCCN)NC(=O)[C@H]2CCCN2C(=O)[C@H](NC(=O)[C@@H](NC(=O)[C@@H](NC(=O)[C@H](NC(=O)CC[C@@H](C)[C@H]2CC[C@H]3[C@@H]4CC[C@@H]5C[C@H](OC(=O)C(F)(F)F)CC[C@]5(C)[C@H]4CC[C@]23C)C(C)C)[C@@H](C)O)C(C)C)C(C)C)[C@@H](C)CC)[C@@H](C)OC(=O)[C@H](C(C)C)NC1=O. The van der Waals surface area contributed by atoms with Crippen LogP contribution in [0, 0.1) is 87.8 Å². The third-order valence-corrected chi connectivity index (χ3v) is 28.8. The predicted molar refractivity (Wildman–Crippen MR) is 476 cm³/mol. The minimum atomic E-state index is -5.04. The van der Waals surface area contributed by atoms with Crippen molar-refractivity contribution in [1.82, 2.24) is 68.7 Å². The number of rotatable bonds is 34. The van der Waals surface area contributed by atoms with E-state index in [2.05, 4.69) is 84.6 Å². The first kappa shape index (κ1) is 107. The number of hydrogen-bond acceptors (Lipinski definition) is 19. The van der Waals surface area contributed by atoms with Gasteiger partial charge in [0.25, 0.3) is 5.91 Å². The molecule has 15 N–H and O–H groups in total. The van der Waals surface area contributed by atoms with Crippen LogP contribution < -0.4 is 69.5 Å². The number of hydrogen-bond donors (Lipinski definition) is 14. The molecule has 4 aliphatic carbocycles. The van der Waals surface area contributed by atoms with E-state index in [4.69, 9.17) is 15.2 Å². The van der Waals surface area contributed by atoms with Crippen molar-refractivity contribution >= 4 is 88.7 Å². The first-order valence-electron chi connectivity index (χ1n) is 47.0. The molecule has 2 heterocycles.